The number of hydrogen-bond donors (Lipinski definition) is 2. The highest BCUT2D eigenvalue weighted by Gasteiger charge is 2.06. The fourth-order valence-electron chi connectivity index (χ4n) is 1.61. The minimum atomic E-state index is -0.578. The van der Waals surface area contributed by atoms with Crippen LogP contribution >= 0.6 is 31.9 Å². The SMILES string of the molecule is OC(CNc1ccccc1Br)COc1ccc(Br)cc1. The number of hydrogen-bond acceptors (Lipinski definition) is 3. The Morgan fingerprint density at radius 2 is 1.75 bits per heavy atom. The molecule has 0 aliphatic rings. The van der Waals surface area contributed by atoms with Crippen LogP contribution in [0.15, 0.2) is 57.5 Å². The van der Waals surface area contributed by atoms with Crippen LogP contribution in [-0.2, 0) is 0 Å². The Balaban J connectivity index is 1.77. The number of rotatable bonds is 6. The third kappa shape index (κ3) is 4.81. The van der Waals surface area contributed by atoms with Crippen LogP contribution in [0.1, 0.15) is 0 Å². The van der Waals surface area contributed by atoms with Crippen molar-refractivity contribution < 1.29 is 9.84 Å². The molecule has 106 valence electrons. The van der Waals surface area contributed by atoms with Gasteiger partial charge in [-0.25, -0.2) is 0 Å². The molecule has 20 heavy (non-hydrogen) atoms. The van der Waals surface area contributed by atoms with Crippen LogP contribution in [-0.4, -0.2) is 24.4 Å². The molecule has 2 aromatic rings. The zero-order valence-corrected chi connectivity index (χ0v) is 13.9. The van der Waals surface area contributed by atoms with E-state index in [1.54, 1.807) is 0 Å². The van der Waals surface area contributed by atoms with Gasteiger partial charge in [0.25, 0.3) is 0 Å². The molecule has 0 saturated carbocycles. The highest BCUT2D eigenvalue weighted by molar-refractivity contribution is 9.10. The van der Waals surface area contributed by atoms with Crippen LogP contribution in [0, 0.1) is 0 Å². The van der Waals surface area contributed by atoms with E-state index >= 15 is 0 Å². The Labute approximate surface area is 135 Å². The van der Waals surface area contributed by atoms with Gasteiger partial charge in [0, 0.05) is 21.2 Å². The summed E-state index contributed by atoms with van der Waals surface area (Å²) in [6.45, 7) is 0.679. The average molecular weight is 401 g/mol. The Kier molecular flexibility index (Phi) is 5.88. The molecule has 3 nitrogen and oxygen atoms in total. The molecule has 0 fully saturated rings. The zero-order chi connectivity index (χ0) is 14.4. The van der Waals surface area contributed by atoms with Gasteiger partial charge in [-0.3, -0.25) is 0 Å². The van der Waals surface area contributed by atoms with E-state index in [9.17, 15) is 5.11 Å². The van der Waals surface area contributed by atoms with Crippen LogP contribution in [0.25, 0.3) is 0 Å². The Morgan fingerprint density at radius 1 is 1.05 bits per heavy atom. The zero-order valence-electron chi connectivity index (χ0n) is 10.7. The summed E-state index contributed by atoms with van der Waals surface area (Å²) in [6.07, 6.45) is -0.578. The highest BCUT2D eigenvalue weighted by Crippen LogP contribution is 2.21. The smallest absolute Gasteiger partial charge is 0.119 e. The number of nitrogens with one attached hydrogen (secondary N) is 1. The molecule has 2 N–H and O–H groups in total. The molecule has 0 radical (unpaired) electrons. The van der Waals surface area contributed by atoms with Crippen molar-refractivity contribution in [2.75, 3.05) is 18.5 Å². The van der Waals surface area contributed by atoms with Gasteiger partial charge in [-0.1, -0.05) is 28.1 Å². The van der Waals surface area contributed by atoms with E-state index < -0.39 is 6.10 Å². The fraction of sp³-hybridized carbons (Fsp3) is 0.200. The summed E-state index contributed by atoms with van der Waals surface area (Å²) in [6, 6.07) is 15.3. The average Bonchev–Trinajstić information content (AvgIpc) is 2.46. The lowest BCUT2D eigenvalue weighted by Crippen LogP contribution is -2.26. The van der Waals surface area contributed by atoms with Crippen molar-refractivity contribution in [3.63, 3.8) is 0 Å². The third-order valence-corrected chi connectivity index (χ3v) is 3.88. The van der Waals surface area contributed by atoms with Crippen molar-refractivity contribution in [3.8, 4) is 5.75 Å². The molecule has 0 aromatic heterocycles. The van der Waals surface area contributed by atoms with Gasteiger partial charge in [0.2, 0.25) is 0 Å². The van der Waals surface area contributed by atoms with E-state index in [1.165, 1.54) is 0 Å². The van der Waals surface area contributed by atoms with E-state index in [1.807, 2.05) is 48.5 Å². The molecule has 0 saturated heterocycles. The van der Waals surface area contributed by atoms with Crippen molar-refractivity contribution in [1.29, 1.82) is 0 Å². The quantitative estimate of drug-likeness (QED) is 0.768. The summed E-state index contributed by atoms with van der Waals surface area (Å²) in [5.41, 5.74) is 0.954. The summed E-state index contributed by atoms with van der Waals surface area (Å²) in [5.74, 6) is 0.744. The first-order chi connectivity index (χ1) is 9.65. The van der Waals surface area contributed by atoms with Gasteiger partial charge in [0.15, 0.2) is 0 Å². The molecule has 0 aliphatic heterocycles. The number of aliphatic hydroxyl groups is 1. The molecule has 0 bridgehead atoms. The summed E-state index contributed by atoms with van der Waals surface area (Å²) in [7, 11) is 0. The van der Waals surface area contributed by atoms with Crippen molar-refractivity contribution in [1.82, 2.24) is 0 Å². The normalized spacial score (nSPS) is 11.9. The maximum Gasteiger partial charge on any atom is 0.119 e. The van der Waals surface area contributed by atoms with Crippen molar-refractivity contribution in [2.24, 2.45) is 0 Å². The maximum atomic E-state index is 9.91. The van der Waals surface area contributed by atoms with Crippen LogP contribution in [0.5, 0.6) is 5.75 Å². The van der Waals surface area contributed by atoms with Gasteiger partial charge >= 0.3 is 0 Å². The standard InChI is InChI=1S/C15H15Br2NO2/c16-11-5-7-13(8-6-11)20-10-12(19)9-18-15-4-2-1-3-14(15)17/h1-8,12,18-19H,9-10H2. The molecule has 0 aliphatic carbocycles. The number of benzene rings is 2. The van der Waals surface area contributed by atoms with Gasteiger partial charge in [0.1, 0.15) is 18.5 Å². The van der Waals surface area contributed by atoms with Crippen molar-refractivity contribution in [3.05, 3.63) is 57.5 Å². The van der Waals surface area contributed by atoms with Crippen LogP contribution in [0.4, 0.5) is 5.69 Å². The van der Waals surface area contributed by atoms with Crippen molar-refractivity contribution in [2.45, 2.75) is 6.10 Å². The Hall–Kier alpha value is -1.04. The topological polar surface area (TPSA) is 41.5 Å². The predicted molar refractivity (Wildman–Crippen MR) is 88.3 cm³/mol. The number of ether oxygens (including phenoxy) is 1. The molecular formula is C15H15Br2NO2. The Morgan fingerprint density at radius 3 is 2.45 bits per heavy atom. The van der Waals surface area contributed by atoms with E-state index in [2.05, 4.69) is 37.2 Å². The lowest BCUT2D eigenvalue weighted by molar-refractivity contribution is 0.117. The molecular weight excluding hydrogens is 386 g/mol. The minimum Gasteiger partial charge on any atom is -0.491 e. The van der Waals surface area contributed by atoms with Gasteiger partial charge in [-0.05, 0) is 52.3 Å². The second kappa shape index (κ2) is 7.67. The number of anilines is 1. The molecule has 2 rings (SSSR count). The number of aliphatic hydroxyl groups excluding tert-OH is 1. The lowest BCUT2D eigenvalue weighted by atomic mass is 10.3. The molecule has 0 heterocycles. The molecule has 2 aromatic carbocycles. The molecule has 0 amide bonds. The van der Waals surface area contributed by atoms with E-state index in [0.717, 1.165) is 20.4 Å². The first-order valence-corrected chi connectivity index (χ1v) is 7.78. The van der Waals surface area contributed by atoms with Gasteiger partial charge < -0.3 is 15.2 Å². The second-order valence-electron chi connectivity index (χ2n) is 4.28. The van der Waals surface area contributed by atoms with Gasteiger partial charge in [0.05, 0.1) is 0 Å². The maximum absolute atomic E-state index is 9.91. The summed E-state index contributed by atoms with van der Waals surface area (Å²) in [5, 5.41) is 13.1. The summed E-state index contributed by atoms with van der Waals surface area (Å²) < 4.78 is 7.49. The van der Waals surface area contributed by atoms with Gasteiger partial charge in [-0.2, -0.15) is 0 Å². The Bertz CT molecular complexity index is 546. The second-order valence-corrected chi connectivity index (χ2v) is 6.05. The van der Waals surface area contributed by atoms with Crippen LogP contribution in [0.2, 0.25) is 0 Å². The van der Waals surface area contributed by atoms with Crippen molar-refractivity contribution >= 4 is 37.5 Å². The van der Waals surface area contributed by atoms with Gasteiger partial charge in [-0.15, -0.1) is 0 Å². The first kappa shape index (κ1) is 15.4. The molecule has 1 unspecified atom stereocenters. The van der Waals surface area contributed by atoms with E-state index in [0.29, 0.717) is 6.54 Å². The lowest BCUT2D eigenvalue weighted by Gasteiger charge is -2.14. The number of halogens is 2. The third-order valence-electron chi connectivity index (χ3n) is 2.66. The molecule has 5 heteroatoms. The predicted octanol–water partition coefficient (Wildman–Crippen LogP) is 4.06. The summed E-state index contributed by atoms with van der Waals surface area (Å²) in [4.78, 5) is 0. The minimum absolute atomic E-state index is 0.249. The highest BCUT2D eigenvalue weighted by atomic mass is 79.9. The summed E-state index contributed by atoms with van der Waals surface area (Å²) >= 11 is 6.81. The first-order valence-electron chi connectivity index (χ1n) is 6.20. The molecule has 1 atom stereocenters. The van der Waals surface area contributed by atoms with Crippen LogP contribution in [0.3, 0.4) is 0 Å². The fourth-order valence-corrected chi connectivity index (χ4v) is 2.30. The van der Waals surface area contributed by atoms with E-state index in [4.69, 9.17) is 4.74 Å². The van der Waals surface area contributed by atoms with Crippen LogP contribution < -0.4 is 10.1 Å². The molecule has 0 spiro atoms. The largest absolute Gasteiger partial charge is 0.491 e. The monoisotopic (exact) mass is 399 g/mol. The van der Waals surface area contributed by atoms with E-state index in [-0.39, 0.29) is 6.61 Å². The number of para-hydroxylation sites is 1.